The van der Waals surface area contributed by atoms with E-state index in [1.807, 2.05) is 25.6 Å². The van der Waals surface area contributed by atoms with E-state index in [4.69, 9.17) is 5.11 Å². The summed E-state index contributed by atoms with van der Waals surface area (Å²) >= 11 is 1.67. The molecule has 0 fully saturated rings. The van der Waals surface area contributed by atoms with Gasteiger partial charge in [0.25, 0.3) is 0 Å². The molecule has 6 heteroatoms. The predicted molar refractivity (Wildman–Crippen MR) is 61.0 cm³/mol. The van der Waals surface area contributed by atoms with Crippen LogP contribution < -0.4 is 5.32 Å². The molecule has 1 heterocycles. The first-order valence-electron chi connectivity index (χ1n) is 4.96. The second kappa shape index (κ2) is 6.09. The molecule has 1 aromatic rings. The van der Waals surface area contributed by atoms with Gasteiger partial charge in [0.1, 0.15) is 5.82 Å². The third kappa shape index (κ3) is 3.48. The van der Waals surface area contributed by atoms with Crippen molar-refractivity contribution in [1.29, 1.82) is 0 Å². The number of nitrogens with zero attached hydrogens (tertiary/aromatic N) is 3. The average Bonchev–Trinajstić information content (AvgIpc) is 2.56. The van der Waals surface area contributed by atoms with Crippen molar-refractivity contribution in [3.05, 3.63) is 5.82 Å². The van der Waals surface area contributed by atoms with E-state index in [0.29, 0.717) is 0 Å². The lowest BCUT2D eigenvalue weighted by molar-refractivity contribution is 0.246. The van der Waals surface area contributed by atoms with E-state index in [2.05, 4.69) is 15.5 Å². The predicted octanol–water partition coefficient (Wildman–Crippen LogP) is 0.186. The molecule has 0 aromatic carbocycles. The van der Waals surface area contributed by atoms with E-state index < -0.39 is 0 Å². The summed E-state index contributed by atoms with van der Waals surface area (Å²) in [6.45, 7) is 2.11. The zero-order valence-electron chi connectivity index (χ0n) is 9.40. The minimum Gasteiger partial charge on any atom is -0.395 e. The highest BCUT2D eigenvalue weighted by Gasteiger charge is 2.07. The van der Waals surface area contributed by atoms with Crippen LogP contribution in [-0.4, -0.2) is 45.3 Å². The van der Waals surface area contributed by atoms with Gasteiger partial charge in [0.2, 0.25) is 0 Å². The van der Waals surface area contributed by atoms with Gasteiger partial charge in [-0.2, -0.15) is 0 Å². The molecule has 5 nitrogen and oxygen atoms in total. The average molecular weight is 230 g/mol. The summed E-state index contributed by atoms with van der Waals surface area (Å²) in [7, 11) is 3.82. The number of rotatable bonds is 6. The van der Waals surface area contributed by atoms with Crippen molar-refractivity contribution in [2.24, 2.45) is 7.05 Å². The van der Waals surface area contributed by atoms with Crippen molar-refractivity contribution in [3.63, 3.8) is 0 Å². The number of aromatic nitrogens is 3. The Hall–Kier alpha value is -0.590. The maximum atomic E-state index is 8.98. The van der Waals surface area contributed by atoms with Crippen molar-refractivity contribution in [1.82, 2.24) is 20.1 Å². The number of likely N-dealkylation sites (N-methyl/N-ethyl adjacent to an activating group) is 1. The van der Waals surface area contributed by atoms with Crippen LogP contribution in [0, 0.1) is 6.92 Å². The smallest absolute Gasteiger partial charge is 0.190 e. The first kappa shape index (κ1) is 12.5. The van der Waals surface area contributed by atoms with Crippen LogP contribution in [-0.2, 0) is 7.05 Å². The van der Waals surface area contributed by atoms with Crippen LogP contribution in [0.25, 0.3) is 0 Å². The number of hydrogen-bond donors (Lipinski definition) is 2. The second-order valence-electron chi connectivity index (χ2n) is 3.39. The lowest BCUT2D eigenvalue weighted by Gasteiger charge is -2.11. The fourth-order valence-electron chi connectivity index (χ4n) is 1.13. The Labute approximate surface area is 94.3 Å². The molecule has 1 unspecified atom stereocenters. The van der Waals surface area contributed by atoms with Gasteiger partial charge in [0, 0.05) is 18.8 Å². The standard InChI is InChI=1S/C9H18N4OS/c1-7-11-12-9(13(7)3)15-5-4-8(6-14)10-2/h8,10,14H,4-6H2,1-3H3. The number of aliphatic hydroxyl groups excluding tert-OH is 1. The molecule has 86 valence electrons. The molecule has 15 heavy (non-hydrogen) atoms. The highest BCUT2D eigenvalue weighted by Crippen LogP contribution is 2.16. The van der Waals surface area contributed by atoms with Crippen LogP contribution in [0.15, 0.2) is 5.16 Å². The van der Waals surface area contributed by atoms with Gasteiger partial charge in [-0.05, 0) is 20.4 Å². The largest absolute Gasteiger partial charge is 0.395 e. The van der Waals surface area contributed by atoms with Crippen LogP contribution in [0.5, 0.6) is 0 Å². The maximum Gasteiger partial charge on any atom is 0.190 e. The lowest BCUT2D eigenvalue weighted by Crippen LogP contribution is -2.29. The van der Waals surface area contributed by atoms with Crippen molar-refractivity contribution in [2.45, 2.75) is 24.5 Å². The molecule has 1 rings (SSSR count). The van der Waals surface area contributed by atoms with Crippen molar-refractivity contribution in [3.8, 4) is 0 Å². The van der Waals surface area contributed by atoms with Crippen molar-refractivity contribution >= 4 is 11.8 Å². The Balaban J connectivity index is 2.34. The fourth-order valence-corrected chi connectivity index (χ4v) is 2.14. The Morgan fingerprint density at radius 2 is 2.27 bits per heavy atom. The molecule has 0 saturated heterocycles. The molecule has 0 saturated carbocycles. The van der Waals surface area contributed by atoms with Gasteiger partial charge in [0.05, 0.1) is 6.61 Å². The minimum absolute atomic E-state index is 0.173. The van der Waals surface area contributed by atoms with Crippen LogP contribution in [0.2, 0.25) is 0 Å². The molecule has 2 N–H and O–H groups in total. The summed E-state index contributed by atoms with van der Waals surface area (Å²) < 4.78 is 1.97. The maximum absolute atomic E-state index is 8.98. The van der Waals surface area contributed by atoms with Gasteiger partial charge in [-0.3, -0.25) is 0 Å². The molecule has 0 radical (unpaired) electrons. The van der Waals surface area contributed by atoms with E-state index >= 15 is 0 Å². The van der Waals surface area contributed by atoms with Crippen molar-refractivity contribution < 1.29 is 5.11 Å². The summed E-state index contributed by atoms with van der Waals surface area (Å²) in [6, 6.07) is 0.173. The monoisotopic (exact) mass is 230 g/mol. The van der Waals surface area contributed by atoms with E-state index in [-0.39, 0.29) is 12.6 Å². The summed E-state index contributed by atoms with van der Waals surface area (Å²) in [5, 5.41) is 21.0. The quantitative estimate of drug-likeness (QED) is 0.683. The summed E-state index contributed by atoms with van der Waals surface area (Å²) in [5.41, 5.74) is 0. The van der Waals surface area contributed by atoms with Gasteiger partial charge in [-0.1, -0.05) is 11.8 Å². The van der Waals surface area contributed by atoms with Gasteiger partial charge >= 0.3 is 0 Å². The van der Waals surface area contributed by atoms with Gasteiger partial charge in [0.15, 0.2) is 5.16 Å². The molecule has 0 aliphatic carbocycles. The highest BCUT2D eigenvalue weighted by molar-refractivity contribution is 7.99. The molecular formula is C9H18N4OS. The first-order valence-corrected chi connectivity index (χ1v) is 5.94. The van der Waals surface area contributed by atoms with E-state index in [0.717, 1.165) is 23.2 Å². The van der Waals surface area contributed by atoms with Gasteiger partial charge in [-0.25, -0.2) is 0 Å². The van der Waals surface area contributed by atoms with E-state index in [1.54, 1.807) is 11.8 Å². The van der Waals surface area contributed by atoms with E-state index in [1.165, 1.54) is 0 Å². The first-order chi connectivity index (χ1) is 7.19. The third-order valence-electron chi connectivity index (χ3n) is 2.38. The highest BCUT2D eigenvalue weighted by atomic mass is 32.2. The SMILES string of the molecule is CNC(CO)CCSc1nnc(C)n1C. The minimum atomic E-state index is 0.173. The summed E-state index contributed by atoms with van der Waals surface area (Å²) in [5.74, 6) is 1.85. The molecule has 0 aliphatic rings. The molecule has 0 bridgehead atoms. The van der Waals surface area contributed by atoms with Gasteiger partial charge in [-0.15, -0.1) is 10.2 Å². The number of nitrogens with one attached hydrogen (secondary N) is 1. The summed E-state index contributed by atoms with van der Waals surface area (Å²) in [4.78, 5) is 0. The number of hydrogen-bond acceptors (Lipinski definition) is 5. The Morgan fingerprint density at radius 3 is 2.73 bits per heavy atom. The third-order valence-corrected chi connectivity index (χ3v) is 3.43. The van der Waals surface area contributed by atoms with Crippen LogP contribution in [0.3, 0.4) is 0 Å². The topological polar surface area (TPSA) is 63.0 Å². The Kier molecular flexibility index (Phi) is 5.07. The zero-order valence-corrected chi connectivity index (χ0v) is 10.2. The number of thioether (sulfide) groups is 1. The Bertz CT molecular complexity index is 298. The molecule has 1 aromatic heterocycles. The molecule has 0 spiro atoms. The number of aryl methyl sites for hydroxylation is 1. The summed E-state index contributed by atoms with van der Waals surface area (Å²) in [6.07, 6.45) is 0.920. The van der Waals surface area contributed by atoms with Gasteiger partial charge < -0.3 is 15.0 Å². The second-order valence-corrected chi connectivity index (χ2v) is 4.46. The molecule has 1 atom stereocenters. The normalized spacial score (nSPS) is 13.1. The van der Waals surface area contributed by atoms with Crippen molar-refractivity contribution in [2.75, 3.05) is 19.4 Å². The lowest BCUT2D eigenvalue weighted by atomic mass is 10.2. The number of aliphatic hydroxyl groups is 1. The molecule has 0 aliphatic heterocycles. The zero-order chi connectivity index (χ0) is 11.3. The van der Waals surface area contributed by atoms with Crippen LogP contribution in [0.4, 0.5) is 0 Å². The Morgan fingerprint density at radius 1 is 1.53 bits per heavy atom. The van der Waals surface area contributed by atoms with E-state index in [9.17, 15) is 0 Å². The molecular weight excluding hydrogens is 212 g/mol. The molecule has 0 amide bonds. The van der Waals surface area contributed by atoms with Crippen LogP contribution >= 0.6 is 11.8 Å². The van der Waals surface area contributed by atoms with Crippen LogP contribution in [0.1, 0.15) is 12.2 Å². The fraction of sp³-hybridized carbons (Fsp3) is 0.778.